The van der Waals surface area contributed by atoms with Crippen LogP contribution in [0, 0.1) is 5.82 Å². The average molecular weight is 350 g/mol. The molecular formula is C19H18Cl2FN. The second kappa shape index (κ2) is 6.27. The van der Waals surface area contributed by atoms with Crippen molar-refractivity contribution < 1.29 is 4.39 Å². The third-order valence-corrected chi connectivity index (χ3v) is 5.46. The maximum absolute atomic E-state index is 13.5. The quantitative estimate of drug-likeness (QED) is 0.686. The number of halogens is 3. The molecule has 2 aromatic carbocycles. The first-order chi connectivity index (χ1) is 11.0. The maximum Gasteiger partial charge on any atom is 0.123 e. The Balaban J connectivity index is 2.08. The van der Waals surface area contributed by atoms with Crippen molar-refractivity contribution in [1.29, 1.82) is 0 Å². The fraction of sp³-hybridized carbons (Fsp3) is 0.263. The monoisotopic (exact) mass is 349 g/mol. The Morgan fingerprint density at radius 1 is 1.26 bits per heavy atom. The van der Waals surface area contributed by atoms with Gasteiger partial charge in [-0.2, -0.15) is 0 Å². The van der Waals surface area contributed by atoms with Gasteiger partial charge in [-0.3, -0.25) is 0 Å². The minimum Gasteiger partial charge on any atom is -0.303 e. The highest BCUT2D eigenvalue weighted by Gasteiger charge is 2.41. The molecule has 120 valence electrons. The van der Waals surface area contributed by atoms with Crippen molar-refractivity contribution in [3.05, 3.63) is 81.6 Å². The van der Waals surface area contributed by atoms with Crippen molar-refractivity contribution in [3.8, 4) is 0 Å². The SMILES string of the molecule is C=CCC(c1ccc(Cl)c(Cl)c1)C1(C)NCc2cc(F)ccc21. The van der Waals surface area contributed by atoms with Crippen molar-refractivity contribution in [1.82, 2.24) is 5.32 Å². The third-order valence-electron chi connectivity index (χ3n) is 4.72. The molecule has 0 bridgehead atoms. The highest BCUT2D eigenvalue weighted by molar-refractivity contribution is 6.42. The Labute approximate surface area is 146 Å². The van der Waals surface area contributed by atoms with Gasteiger partial charge >= 0.3 is 0 Å². The van der Waals surface area contributed by atoms with Crippen LogP contribution in [0.1, 0.15) is 36.0 Å². The van der Waals surface area contributed by atoms with Crippen molar-refractivity contribution in [2.24, 2.45) is 0 Å². The van der Waals surface area contributed by atoms with Gasteiger partial charge in [0.25, 0.3) is 0 Å². The molecule has 0 amide bonds. The molecule has 0 saturated carbocycles. The van der Waals surface area contributed by atoms with Gasteiger partial charge in [-0.15, -0.1) is 6.58 Å². The first-order valence-corrected chi connectivity index (χ1v) is 8.31. The van der Waals surface area contributed by atoms with E-state index in [0.29, 0.717) is 16.6 Å². The number of nitrogens with one attached hydrogen (secondary N) is 1. The molecule has 0 aliphatic carbocycles. The van der Waals surface area contributed by atoms with E-state index in [1.165, 1.54) is 6.07 Å². The molecule has 1 aliphatic rings. The summed E-state index contributed by atoms with van der Waals surface area (Å²) in [5.41, 5.74) is 2.90. The van der Waals surface area contributed by atoms with E-state index in [4.69, 9.17) is 23.2 Å². The maximum atomic E-state index is 13.5. The minimum atomic E-state index is -0.311. The van der Waals surface area contributed by atoms with Crippen molar-refractivity contribution in [3.63, 3.8) is 0 Å². The summed E-state index contributed by atoms with van der Waals surface area (Å²) in [7, 11) is 0. The Kier molecular flexibility index (Phi) is 4.50. The van der Waals surface area contributed by atoms with E-state index in [-0.39, 0.29) is 17.3 Å². The van der Waals surface area contributed by atoms with Gasteiger partial charge in [-0.25, -0.2) is 4.39 Å². The second-order valence-electron chi connectivity index (χ2n) is 6.11. The van der Waals surface area contributed by atoms with E-state index < -0.39 is 0 Å². The van der Waals surface area contributed by atoms with Crippen molar-refractivity contribution >= 4 is 23.2 Å². The normalized spacial score (nSPS) is 21.0. The van der Waals surface area contributed by atoms with Gasteiger partial charge in [0.2, 0.25) is 0 Å². The molecular weight excluding hydrogens is 332 g/mol. The van der Waals surface area contributed by atoms with Gasteiger partial charge in [0, 0.05) is 18.0 Å². The van der Waals surface area contributed by atoms with Crippen LogP contribution in [-0.2, 0) is 12.1 Å². The zero-order valence-corrected chi connectivity index (χ0v) is 14.4. The summed E-state index contributed by atoms with van der Waals surface area (Å²) in [5.74, 6) is -0.0777. The highest BCUT2D eigenvalue weighted by atomic mass is 35.5. The summed E-state index contributed by atoms with van der Waals surface area (Å²) in [5, 5.41) is 4.63. The number of allylic oxidation sites excluding steroid dienone is 1. The van der Waals surface area contributed by atoms with Crippen LogP contribution in [0.4, 0.5) is 4.39 Å². The number of hydrogen-bond donors (Lipinski definition) is 1. The van der Waals surface area contributed by atoms with Gasteiger partial charge in [-0.05, 0) is 54.3 Å². The van der Waals surface area contributed by atoms with E-state index in [2.05, 4.69) is 18.8 Å². The minimum absolute atomic E-state index is 0.126. The van der Waals surface area contributed by atoms with Crippen LogP contribution in [0.3, 0.4) is 0 Å². The molecule has 1 N–H and O–H groups in total. The van der Waals surface area contributed by atoms with Crippen LogP contribution >= 0.6 is 23.2 Å². The Morgan fingerprint density at radius 3 is 2.74 bits per heavy atom. The Hall–Kier alpha value is -1.35. The fourth-order valence-corrected chi connectivity index (χ4v) is 3.81. The molecule has 4 heteroatoms. The molecule has 2 aromatic rings. The molecule has 0 aromatic heterocycles. The van der Waals surface area contributed by atoms with Gasteiger partial charge in [0.1, 0.15) is 5.82 Å². The third kappa shape index (κ3) is 2.91. The number of benzene rings is 2. The number of fused-ring (bicyclic) bond motifs is 1. The van der Waals surface area contributed by atoms with Gasteiger partial charge in [0.05, 0.1) is 10.0 Å². The summed E-state index contributed by atoms with van der Waals surface area (Å²) >= 11 is 12.2. The molecule has 3 rings (SSSR count). The molecule has 23 heavy (non-hydrogen) atoms. The Bertz CT molecular complexity index is 759. The first-order valence-electron chi connectivity index (χ1n) is 7.55. The van der Waals surface area contributed by atoms with Crippen LogP contribution in [0.5, 0.6) is 0 Å². The molecule has 1 heterocycles. The van der Waals surface area contributed by atoms with E-state index in [0.717, 1.165) is 23.1 Å². The van der Waals surface area contributed by atoms with Crippen LogP contribution in [0.25, 0.3) is 0 Å². The molecule has 0 radical (unpaired) electrons. The molecule has 2 atom stereocenters. The van der Waals surface area contributed by atoms with Gasteiger partial charge in [0.15, 0.2) is 0 Å². The highest BCUT2D eigenvalue weighted by Crippen LogP contribution is 2.45. The number of rotatable bonds is 4. The lowest BCUT2D eigenvalue weighted by molar-refractivity contribution is 0.321. The lowest BCUT2D eigenvalue weighted by Gasteiger charge is -2.36. The Morgan fingerprint density at radius 2 is 2.04 bits per heavy atom. The first kappa shape index (κ1) is 16.5. The lowest BCUT2D eigenvalue weighted by Crippen LogP contribution is -2.39. The molecule has 0 spiro atoms. The summed E-state index contributed by atoms with van der Waals surface area (Å²) in [4.78, 5) is 0. The lowest BCUT2D eigenvalue weighted by atomic mass is 9.75. The van der Waals surface area contributed by atoms with E-state index in [9.17, 15) is 4.39 Å². The van der Waals surface area contributed by atoms with E-state index in [1.807, 2.05) is 30.3 Å². The fourth-order valence-electron chi connectivity index (χ4n) is 3.50. The standard InChI is InChI=1S/C19H18Cl2FN/c1-3-4-15(12-5-8-17(20)18(21)10-12)19(2)16-7-6-14(22)9-13(16)11-23-19/h3,5-10,15,23H,1,4,11H2,2H3. The van der Waals surface area contributed by atoms with E-state index >= 15 is 0 Å². The van der Waals surface area contributed by atoms with Crippen LogP contribution in [0.15, 0.2) is 49.1 Å². The smallest absolute Gasteiger partial charge is 0.123 e. The molecule has 1 nitrogen and oxygen atoms in total. The van der Waals surface area contributed by atoms with Crippen LogP contribution in [0.2, 0.25) is 10.0 Å². The summed E-state index contributed by atoms with van der Waals surface area (Å²) in [6.07, 6.45) is 2.68. The van der Waals surface area contributed by atoms with Crippen LogP contribution in [-0.4, -0.2) is 0 Å². The molecule has 0 saturated heterocycles. The summed E-state index contributed by atoms with van der Waals surface area (Å²) in [6.45, 7) is 6.69. The topological polar surface area (TPSA) is 12.0 Å². The van der Waals surface area contributed by atoms with Crippen molar-refractivity contribution in [2.75, 3.05) is 0 Å². The molecule has 2 unspecified atom stereocenters. The molecule has 1 aliphatic heterocycles. The zero-order valence-electron chi connectivity index (χ0n) is 12.9. The number of hydrogen-bond acceptors (Lipinski definition) is 1. The predicted molar refractivity (Wildman–Crippen MR) is 94.6 cm³/mol. The second-order valence-corrected chi connectivity index (χ2v) is 6.92. The zero-order chi connectivity index (χ0) is 16.6. The van der Waals surface area contributed by atoms with Gasteiger partial charge < -0.3 is 5.32 Å². The van der Waals surface area contributed by atoms with Crippen LogP contribution < -0.4 is 5.32 Å². The average Bonchev–Trinajstić information content (AvgIpc) is 2.85. The van der Waals surface area contributed by atoms with E-state index in [1.54, 1.807) is 6.07 Å². The summed E-state index contributed by atoms with van der Waals surface area (Å²) in [6, 6.07) is 10.7. The predicted octanol–water partition coefficient (Wildman–Crippen LogP) is 5.81. The van der Waals surface area contributed by atoms with Crippen molar-refractivity contribution in [2.45, 2.75) is 31.3 Å². The molecule has 0 fully saturated rings. The summed E-state index contributed by atoms with van der Waals surface area (Å²) < 4.78 is 13.5. The largest absolute Gasteiger partial charge is 0.303 e. The van der Waals surface area contributed by atoms with Gasteiger partial charge in [-0.1, -0.05) is 41.4 Å².